The third-order valence-electron chi connectivity index (χ3n) is 2.51. The molecule has 17 heavy (non-hydrogen) atoms. The van der Waals surface area contributed by atoms with Crippen LogP contribution in [0.4, 0.5) is 0 Å². The van der Waals surface area contributed by atoms with Crippen LogP contribution < -0.4 is 5.32 Å². The molecule has 0 radical (unpaired) electrons. The van der Waals surface area contributed by atoms with Crippen LogP contribution in [-0.4, -0.2) is 31.9 Å². The molecule has 0 aliphatic heterocycles. The van der Waals surface area contributed by atoms with Crippen LogP contribution in [0.25, 0.3) is 0 Å². The third-order valence-corrected chi connectivity index (χ3v) is 6.45. The summed E-state index contributed by atoms with van der Waals surface area (Å²) in [5.74, 6) is -0.235. The minimum Gasteiger partial charge on any atom is -0.350 e. The van der Waals surface area contributed by atoms with Crippen molar-refractivity contribution < 1.29 is 13.2 Å². The normalized spacial score (nSPS) is 12.5. The van der Waals surface area contributed by atoms with Gasteiger partial charge >= 0.3 is 0 Å². The molecule has 0 fully saturated rings. The third kappa shape index (κ3) is 3.92. The molecule has 1 amide bonds. The Morgan fingerprint density at radius 2 is 2.12 bits per heavy atom. The minimum absolute atomic E-state index is 0.108. The SMILES string of the molecule is CC(C)(CNC(=O)c1csc(I)c1)S(C)(=O)=O. The fourth-order valence-corrected chi connectivity index (χ4v) is 2.62. The molecule has 96 valence electrons. The van der Waals surface area contributed by atoms with Gasteiger partial charge in [-0.15, -0.1) is 11.3 Å². The number of hydrogen-bond donors (Lipinski definition) is 1. The summed E-state index contributed by atoms with van der Waals surface area (Å²) in [6, 6.07) is 1.77. The van der Waals surface area contributed by atoms with E-state index in [0.29, 0.717) is 5.56 Å². The molecule has 1 aromatic heterocycles. The van der Waals surface area contributed by atoms with Gasteiger partial charge in [0.2, 0.25) is 0 Å². The molecule has 0 atom stereocenters. The lowest BCUT2D eigenvalue weighted by Crippen LogP contribution is -2.43. The van der Waals surface area contributed by atoms with Crippen LogP contribution in [0.3, 0.4) is 0 Å². The number of nitrogens with one attached hydrogen (secondary N) is 1. The summed E-state index contributed by atoms with van der Waals surface area (Å²) < 4.78 is 23.0. The molecule has 1 rings (SSSR count). The first kappa shape index (κ1) is 14.9. The van der Waals surface area contributed by atoms with Gasteiger partial charge < -0.3 is 5.32 Å². The molecule has 7 heteroatoms. The Kier molecular flexibility index (Phi) is 4.59. The molecule has 0 spiro atoms. The quantitative estimate of drug-likeness (QED) is 0.803. The predicted octanol–water partition coefficient (Wildman–Crippen LogP) is 1.91. The Balaban J connectivity index is 2.67. The lowest BCUT2D eigenvalue weighted by atomic mass is 10.2. The van der Waals surface area contributed by atoms with Gasteiger partial charge in [0.1, 0.15) is 0 Å². The lowest BCUT2D eigenvalue weighted by Gasteiger charge is -2.22. The van der Waals surface area contributed by atoms with Crippen LogP contribution in [0.15, 0.2) is 11.4 Å². The van der Waals surface area contributed by atoms with E-state index >= 15 is 0 Å². The molecular formula is C10H14INO3S2. The zero-order valence-electron chi connectivity index (χ0n) is 9.78. The number of carbonyl (C=O) groups excluding carboxylic acids is 1. The Bertz CT molecular complexity index is 519. The van der Waals surface area contributed by atoms with Crippen LogP contribution >= 0.6 is 33.9 Å². The van der Waals surface area contributed by atoms with E-state index in [9.17, 15) is 13.2 Å². The van der Waals surface area contributed by atoms with Gasteiger partial charge in [-0.2, -0.15) is 0 Å². The summed E-state index contributed by atoms with van der Waals surface area (Å²) in [7, 11) is -3.19. The highest BCUT2D eigenvalue weighted by Crippen LogP contribution is 2.17. The van der Waals surface area contributed by atoms with Crippen molar-refractivity contribution in [1.82, 2.24) is 5.32 Å². The first-order valence-corrected chi connectivity index (χ1v) is 8.70. The molecule has 1 heterocycles. The number of amides is 1. The van der Waals surface area contributed by atoms with Crippen molar-refractivity contribution in [1.29, 1.82) is 0 Å². The lowest BCUT2D eigenvalue weighted by molar-refractivity contribution is 0.0951. The molecule has 0 aromatic carbocycles. The van der Waals surface area contributed by atoms with E-state index in [1.54, 1.807) is 25.3 Å². The van der Waals surface area contributed by atoms with Gasteiger partial charge in [-0.3, -0.25) is 4.79 Å². The molecule has 0 aliphatic rings. The monoisotopic (exact) mass is 387 g/mol. The van der Waals surface area contributed by atoms with E-state index in [4.69, 9.17) is 0 Å². The van der Waals surface area contributed by atoms with Crippen LogP contribution in [0, 0.1) is 2.88 Å². The van der Waals surface area contributed by atoms with E-state index in [2.05, 4.69) is 27.9 Å². The second-order valence-electron chi connectivity index (χ2n) is 4.35. The van der Waals surface area contributed by atoms with Crippen molar-refractivity contribution in [3.05, 3.63) is 19.9 Å². The van der Waals surface area contributed by atoms with E-state index in [-0.39, 0.29) is 12.5 Å². The van der Waals surface area contributed by atoms with Crippen molar-refractivity contribution in [3.63, 3.8) is 0 Å². The van der Waals surface area contributed by atoms with Gasteiger partial charge in [0.05, 0.1) is 13.2 Å². The van der Waals surface area contributed by atoms with Crippen molar-refractivity contribution in [3.8, 4) is 0 Å². The Morgan fingerprint density at radius 3 is 2.53 bits per heavy atom. The van der Waals surface area contributed by atoms with E-state index in [0.717, 1.165) is 2.88 Å². The fourth-order valence-electron chi connectivity index (χ4n) is 0.955. The molecule has 0 aliphatic carbocycles. The molecule has 4 nitrogen and oxygen atoms in total. The Morgan fingerprint density at radius 1 is 1.53 bits per heavy atom. The summed E-state index contributed by atoms with van der Waals surface area (Å²) in [4.78, 5) is 11.7. The van der Waals surface area contributed by atoms with Gasteiger partial charge in [-0.1, -0.05) is 0 Å². The number of carbonyl (C=O) groups is 1. The molecule has 0 bridgehead atoms. The van der Waals surface area contributed by atoms with Crippen LogP contribution in [0.1, 0.15) is 24.2 Å². The number of hydrogen-bond acceptors (Lipinski definition) is 4. The van der Waals surface area contributed by atoms with Crippen LogP contribution in [0.5, 0.6) is 0 Å². The van der Waals surface area contributed by atoms with E-state index < -0.39 is 14.6 Å². The summed E-state index contributed by atoms with van der Waals surface area (Å²) in [5, 5.41) is 4.40. The predicted molar refractivity (Wildman–Crippen MR) is 78.3 cm³/mol. The zero-order chi connectivity index (χ0) is 13.3. The van der Waals surface area contributed by atoms with Crippen molar-refractivity contribution >= 4 is 49.7 Å². The number of thiophene rings is 1. The smallest absolute Gasteiger partial charge is 0.252 e. The second-order valence-corrected chi connectivity index (χ2v) is 9.81. The summed E-state index contributed by atoms with van der Waals surface area (Å²) in [6.45, 7) is 3.30. The van der Waals surface area contributed by atoms with Gasteiger partial charge in [0.15, 0.2) is 9.84 Å². The highest BCUT2D eigenvalue weighted by Gasteiger charge is 2.30. The highest BCUT2D eigenvalue weighted by atomic mass is 127. The minimum atomic E-state index is -3.19. The van der Waals surface area contributed by atoms with Crippen LogP contribution in [-0.2, 0) is 9.84 Å². The molecule has 0 unspecified atom stereocenters. The van der Waals surface area contributed by atoms with E-state index in [1.807, 2.05) is 0 Å². The first-order chi connectivity index (χ1) is 7.63. The van der Waals surface area contributed by atoms with Crippen LogP contribution in [0.2, 0.25) is 0 Å². The summed E-state index contributed by atoms with van der Waals surface area (Å²) in [6.07, 6.45) is 1.17. The molecule has 1 aromatic rings. The number of rotatable bonds is 4. The number of halogens is 1. The topological polar surface area (TPSA) is 63.2 Å². The molecule has 1 N–H and O–H groups in total. The van der Waals surface area contributed by atoms with Gasteiger partial charge in [-0.25, -0.2) is 8.42 Å². The fraction of sp³-hybridized carbons (Fsp3) is 0.500. The molecule has 0 saturated carbocycles. The Hall–Kier alpha value is -0.150. The first-order valence-electron chi connectivity index (χ1n) is 4.85. The van der Waals surface area contributed by atoms with Gasteiger partial charge in [0.25, 0.3) is 5.91 Å². The van der Waals surface area contributed by atoms with E-state index in [1.165, 1.54) is 17.6 Å². The standard InChI is InChI=1S/C10H14INO3S2/c1-10(2,17(3,14)15)6-12-9(13)7-4-8(11)16-5-7/h4-5H,6H2,1-3H3,(H,12,13). The maximum Gasteiger partial charge on any atom is 0.252 e. The average molecular weight is 387 g/mol. The van der Waals surface area contributed by atoms with Gasteiger partial charge in [0, 0.05) is 18.2 Å². The van der Waals surface area contributed by atoms with Crippen molar-refractivity contribution in [2.75, 3.05) is 12.8 Å². The Labute approximate surface area is 119 Å². The maximum absolute atomic E-state index is 11.7. The average Bonchev–Trinajstić information content (AvgIpc) is 2.59. The maximum atomic E-state index is 11.7. The summed E-state index contributed by atoms with van der Waals surface area (Å²) >= 11 is 3.61. The van der Waals surface area contributed by atoms with Gasteiger partial charge in [-0.05, 0) is 42.5 Å². The molecular weight excluding hydrogens is 373 g/mol. The van der Waals surface area contributed by atoms with Crippen molar-refractivity contribution in [2.24, 2.45) is 0 Å². The second kappa shape index (κ2) is 5.23. The number of sulfone groups is 1. The van der Waals surface area contributed by atoms with Crippen molar-refractivity contribution in [2.45, 2.75) is 18.6 Å². The highest BCUT2D eigenvalue weighted by molar-refractivity contribution is 14.1. The molecule has 0 saturated heterocycles. The zero-order valence-corrected chi connectivity index (χ0v) is 13.6. The summed E-state index contributed by atoms with van der Waals surface area (Å²) in [5.41, 5.74) is 0.573. The largest absolute Gasteiger partial charge is 0.350 e.